The first kappa shape index (κ1) is 23.4. The Bertz CT molecular complexity index is 656. The van der Waals surface area contributed by atoms with E-state index < -0.39 is 0 Å². The summed E-state index contributed by atoms with van der Waals surface area (Å²) in [4.78, 5) is 26.1. The van der Waals surface area contributed by atoms with E-state index in [1.807, 2.05) is 20.8 Å². The lowest BCUT2D eigenvalue weighted by molar-refractivity contribution is -0.141. The standard InChI is InChI=1S/C20H34N4O5/c1-5-7-27-9-11-29-12-10-28-8-6-23-14-16(21-22-23)15-24-18(25)13-17(19(24)26)20(2,3)4/h14,17H,5-13,15H2,1-4H3. The van der Waals surface area contributed by atoms with E-state index in [0.717, 1.165) is 13.0 Å². The van der Waals surface area contributed by atoms with Crippen molar-refractivity contribution in [3.63, 3.8) is 0 Å². The minimum atomic E-state index is -0.279. The van der Waals surface area contributed by atoms with Crippen molar-refractivity contribution < 1.29 is 23.8 Å². The molecule has 0 N–H and O–H groups in total. The van der Waals surface area contributed by atoms with E-state index >= 15 is 0 Å². The number of likely N-dealkylation sites (tertiary alicyclic amines) is 1. The number of ether oxygens (including phenoxy) is 3. The van der Waals surface area contributed by atoms with Crippen LogP contribution in [0.5, 0.6) is 0 Å². The van der Waals surface area contributed by atoms with Gasteiger partial charge >= 0.3 is 0 Å². The fourth-order valence-electron chi connectivity index (χ4n) is 3.05. The largest absolute Gasteiger partial charge is 0.379 e. The maximum atomic E-state index is 12.6. The molecular formula is C20H34N4O5. The van der Waals surface area contributed by atoms with Crippen molar-refractivity contribution in [2.75, 3.05) is 39.6 Å². The van der Waals surface area contributed by atoms with Crippen LogP contribution < -0.4 is 0 Å². The maximum absolute atomic E-state index is 12.6. The van der Waals surface area contributed by atoms with Gasteiger partial charge in [-0.15, -0.1) is 5.10 Å². The first-order chi connectivity index (χ1) is 13.8. The molecular weight excluding hydrogens is 376 g/mol. The highest BCUT2D eigenvalue weighted by atomic mass is 16.5. The van der Waals surface area contributed by atoms with Gasteiger partial charge in [0.1, 0.15) is 5.69 Å². The van der Waals surface area contributed by atoms with Crippen LogP contribution in [-0.2, 0) is 36.9 Å². The SMILES string of the molecule is CCCOCCOCCOCCn1cc(CN2C(=O)CC(C(C)(C)C)C2=O)nn1. The van der Waals surface area contributed by atoms with Crippen LogP contribution in [0.2, 0.25) is 0 Å². The number of imide groups is 1. The highest BCUT2D eigenvalue weighted by Crippen LogP contribution is 2.35. The van der Waals surface area contributed by atoms with Gasteiger partial charge in [0, 0.05) is 13.0 Å². The van der Waals surface area contributed by atoms with E-state index in [2.05, 4.69) is 17.2 Å². The van der Waals surface area contributed by atoms with Gasteiger partial charge in [0.25, 0.3) is 0 Å². The summed E-state index contributed by atoms with van der Waals surface area (Å²) in [5, 5.41) is 8.11. The molecule has 0 saturated carbocycles. The zero-order chi connectivity index (χ0) is 21.3. The Morgan fingerprint density at radius 3 is 2.24 bits per heavy atom. The molecule has 9 nitrogen and oxygen atoms in total. The van der Waals surface area contributed by atoms with E-state index in [9.17, 15) is 9.59 Å². The van der Waals surface area contributed by atoms with Gasteiger partial charge in [-0.2, -0.15) is 0 Å². The maximum Gasteiger partial charge on any atom is 0.233 e. The Morgan fingerprint density at radius 1 is 1.03 bits per heavy atom. The molecule has 1 aliphatic heterocycles. The summed E-state index contributed by atoms with van der Waals surface area (Å²) < 4.78 is 17.9. The second kappa shape index (κ2) is 11.4. The van der Waals surface area contributed by atoms with Crippen molar-refractivity contribution >= 4 is 11.8 Å². The molecule has 9 heteroatoms. The summed E-state index contributed by atoms with van der Waals surface area (Å²) >= 11 is 0. The van der Waals surface area contributed by atoms with Gasteiger partial charge in [-0.3, -0.25) is 14.5 Å². The number of carbonyl (C=O) groups is 2. The van der Waals surface area contributed by atoms with Crippen LogP contribution in [0, 0.1) is 11.3 Å². The summed E-state index contributed by atoms with van der Waals surface area (Å²) in [6, 6.07) is 0. The minimum Gasteiger partial charge on any atom is -0.379 e. The van der Waals surface area contributed by atoms with Gasteiger partial charge in [0.05, 0.1) is 58.2 Å². The Balaban J connectivity index is 1.64. The summed E-state index contributed by atoms with van der Waals surface area (Å²) in [6.45, 7) is 12.2. The zero-order valence-corrected chi connectivity index (χ0v) is 18.1. The third-order valence-corrected chi connectivity index (χ3v) is 4.75. The fraction of sp³-hybridized carbons (Fsp3) is 0.800. The molecule has 0 spiro atoms. The molecule has 29 heavy (non-hydrogen) atoms. The van der Waals surface area contributed by atoms with Crippen LogP contribution in [0.4, 0.5) is 0 Å². The molecule has 1 aliphatic rings. The van der Waals surface area contributed by atoms with E-state index in [1.54, 1.807) is 10.9 Å². The van der Waals surface area contributed by atoms with Gasteiger partial charge in [0.2, 0.25) is 11.8 Å². The molecule has 1 unspecified atom stereocenters. The van der Waals surface area contributed by atoms with Crippen LogP contribution in [-0.4, -0.2) is 71.3 Å². The fourth-order valence-corrected chi connectivity index (χ4v) is 3.05. The molecule has 2 heterocycles. The quantitative estimate of drug-likeness (QED) is 0.360. The molecule has 2 rings (SSSR count). The number of aromatic nitrogens is 3. The van der Waals surface area contributed by atoms with Crippen molar-refractivity contribution in [1.29, 1.82) is 0 Å². The highest BCUT2D eigenvalue weighted by Gasteiger charge is 2.44. The van der Waals surface area contributed by atoms with Crippen LogP contribution in [0.15, 0.2) is 6.20 Å². The van der Waals surface area contributed by atoms with Gasteiger partial charge in [0.15, 0.2) is 0 Å². The van der Waals surface area contributed by atoms with Crippen molar-refractivity contribution in [1.82, 2.24) is 19.9 Å². The topological polar surface area (TPSA) is 95.8 Å². The van der Waals surface area contributed by atoms with Crippen molar-refractivity contribution in [3.05, 3.63) is 11.9 Å². The second-order valence-corrected chi connectivity index (χ2v) is 8.25. The highest BCUT2D eigenvalue weighted by molar-refractivity contribution is 6.03. The van der Waals surface area contributed by atoms with E-state index in [1.165, 1.54) is 4.90 Å². The predicted octanol–water partition coefficient (Wildman–Crippen LogP) is 1.66. The second-order valence-electron chi connectivity index (χ2n) is 8.25. The molecule has 0 aromatic carbocycles. The molecule has 164 valence electrons. The number of hydrogen-bond donors (Lipinski definition) is 0. The summed E-state index contributed by atoms with van der Waals surface area (Å²) in [5.74, 6) is -0.549. The molecule has 0 bridgehead atoms. The normalized spacial score (nSPS) is 17.5. The van der Waals surface area contributed by atoms with E-state index in [0.29, 0.717) is 45.3 Å². The number of nitrogens with zero attached hydrogens (tertiary/aromatic N) is 4. The first-order valence-electron chi connectivity index (χ1n) is 10.3. The van der Waals surface area contributed by atoms with Crippen LogP contribution in [0.25, 0.3) is 0 Å². The molecule has 2 amide bonds. The van der Waals surface area contributed by atoms with Gasteiger partial charge in [-0.25, -0.2) is 4.68 Å². The van der Waals surface area contributed by atoms with Crippen LogP contribution >= 0.6 is 0 Å². The Hall–Kier alpha value is -1.84. The molecule has 0 radical (unpaired) electrons. The summed E-state index contributed by atoms with van der Waals surface area (Å²) in [5.41, 5.74) is 0.361. The number of rotatable bonds is 13. The van der Waals surface area contributed by atoms with Crippen LogP contribution in [0.3, 0.4) is 0 Å². The smallest absolute Gasteiger partial charge is 0.233 e. The Morgan fingerprint density at radius 2 is 1.66 bits per heavy atom. The molecule has 1 atom stereocenters. The van der Waals surface area contributed by atoms with Gasteiger partial charge in [-0.1, -0.05) is 32.9 Å². The van der Waals surface area contributed by atoms with Crippen molar-refractivity contribution in [2.24, 2.45) is 11.3 Å². The monoisotopic (exact) mass is 410 g/mol. The molecule has 1 aromatic rings. The Labute approximate surface area is 172 Å². The lowest BCUT2D eigenvalue weighted by Gasteiger charge is -2.24. The lowest BCUT2D eigenvalue weighted by atomic mass is 9.80. The molecule has 0 aliphatic carbocycles. The first-order valence-corrected chi connectivity index (χ1v) is 10.3. The molecule has 1 fully saturated rings. The molecule has 1 aromatic heterocycles. The molecule has 1 saturated heterocycles. The minimum absolute atomic E-state index is 0.125. The summed E-state index contributed by atoms with van der Waals surface area (Å²) in [6.07, 6.45) is 3.02. The van der Waals surface area contributed by atoms with Crippen LogP contribution in [0.1, 0.15) is 46.2 Å². The lowest BCUT2D eigenvalue weighted by Crippen LogP contribution is -2.33. The van der Waals surface area contributed by atoms with E-state index in [4.69, 9.17) is 14.2 Å². The number of carbonyl (C=O) groups excluding carboxylic acids is 2. The van der Waals surface area contributed by atoms with Crippen molar-refractivity contribution in [2.45, 2.75) is 53.6 Å². The predicted molar refractivity (Wildman–Crippen MR) is 106 cm³/mol. The number of amides is 2. The summed E-state index contributed by atoms with van der Waals surface area (Å²) in [7, 11) is 0. The average Bonchev–Trinajstić information content (AvgIpc) is 3.22. The third-order valence-electron chi connectivity index (χ3n) is 4.75. The average molecular weight is 411 g/mol. The van der Waals surface area contributed by atoms with E-state index in [-0.39, 0.29) is 36.1 Å². The third kappa shape index (κ3) is 7.49. The van der Waals surface area contributed by atoms with Crippen molar-refractivity contribution in [3.8, 4) is 0 Å². The Kier molecular flexibility index (Phi) is 9.19. The number of hydrogen-bond acceptors (Lipinski definition) is 7. The van der Waals surface area contributed by atoms with Gasteiger partial charge < -0.3 is 14.2 Å². The van der Waals surface area contributed by atoms with Gasteiger partial charge in [-0.05, 0) is 11.8 Å². The zero-order valence-electron chi connectivity index (χ0n) is 18.1.